The van der Waals surface area contributed by atoms with Crippen molar-refractivity contribution in [2.45, 2.75) is 41.6 Å². The van der Waals surface area contributed by atoms with E-state index in [0.717, 1.165) is 20.9 Å². The van der Waals surface area contributed by atoms with E-state index in [1.165, 1.54) is 22.6 Å². The lowest BCUT2D eigenvalue weighted by atomic mass is 9.96. The molecule has 2 N–H and O–H groups in total. The average Bonchev–Trinajstić information content (AvgIpc) is 3.30. The number of halogens is 3. The van der Waals surface area contributed by atoms with Gasteiger partial charge in [-0.3, -0.25) is 4.79 Å². The molecule has 2 atom stereocenters. The van der Waals surface area contributed by atoms with Gasteiger partial charge in [-0.05, 0) is 55.3 Å². The van der Waals surface area contributed by atoms with Crippen molar-refractivity contribution in [1.29, 1.82) is 0 Å². The number of nitrogens with one attached hydrogen (secondary N) is 2. The van der Waals surface area contributed by atoms with Crippen LogP contribution in [-0.2, 0) is 0 Å². The van der Waals surface area contributed by atoms with Crippen LogP contribution >= 0.6 is 23.4 Å². The molecular weight excluding hydrogens is 502 g/mol. The zero-order valence-electron chi connectivity index (χ0n) is 19.3. The van der Waals surface area contributed by atoms with E-state index in [1.54, 1.807) is 18.2 Å². The molecule has 1 amide bonds. The number of fused-ring (bicyclic) bond motifs is 1. The van der Waals surface area contributed by atoms with Gasteiger partial charge in [0.05, 0.1) is 17.9 Å². The Morgan fingerprint density at radius 2 is 1.83 bits per heavy atom. The Labute approximate surface area is 216 Å². The molecule has 1 aromatic heterocycles. The van der Waals surface area contributed by atoms with Gasteiger partial charge in [-0.2, -0.15) is 5.10 Å². The molecule has 0 saturated heterocycles. The number of carbonyl (C=O) groups excluding carboxylic acids is 1. The molecule has 5 rings (SSSR count). The molecule has 36 heavy (non-hydrogen) atoms. The second-order valence-electron chi connectivity index (χ2n) is 8.60. The number of para-hydroxylation sites is 1. The molecule has 0 spiro atoms. The third-order valence-electron chi connectivity index (χ3n) is 6.09. The fourth-order valence-electron chi connectivity index (χ4n) is 4.19. The lowest BCUT2D eigenvalue weighted by Crippen LogP contribution is -2.31. The summed E-state index contributed by atoms with van der Waals surface area (Å²) in [5, 5.41) is 11.0. The van der Waals surface area contributed by atoms with Crippen LogP contribution < -0.4 is 10.6 Å². The summed E-state index contributed by atoms with van der Waals surface area (Å²) in [5.74, 6) is -0.136. The van der Waals surface area contributed by atoms with E-state index in [4.69, 9.17) is 11.6 Å². The molecule has 0 radical (unpaired) electrons. The summed E-state index contributed by atoms with van der Waals surface area (Å²) in [6.07, 6.45) is -1.11. The van der Waals surface area contributed by atoms with Crippen LogP contribution in [0.1, 0.15) is 40.0 Å². The van der Waals surface area contributed by atoms with Gasteiger partial charge in [0.2, 0.25) is 0 Å². The van der Waals surface area contributed by atoms with Crippen LogP contribution in [-0.4, -0.2) is 22.1 Å². The Morgan fingerprint density at radius 3 is 2.56 bits per heavy atom. The highest BCUT2D eigenvalue weighted by molar-refractivity contribution is 7.99. The van der Waals surface area contributed by atoms with Crippen molar-refractivity contribution in [3.63, 3.8) is 0 Å². The van der Waals surface area contributed by atoms with Gasteiger partial charge in [-0.1, -0.05) is 65.3 Å². The Morgan fingerprint density at radius 1 is 1.11 bits per heavy atom. The highest BCUT2D eigenvalue weighted by atomic mass is 35.5. The molecule has 1 aliphatic rings. The molecule has 184 valence electrons. The average molecular weight is 525 g/mol. The van der Waals surface area contributed by atoms with Gasteiger partial charge in [-0.25, -0.2) is 13.5 Å². The van der Waals surface area contributed by atoms with Gasteiger partial charge in [0.25, 0.3) is 12.3 Å². The first-order valence-corrected chi connectivity index (χ1v) is 12.6. The Kier molecular flexibility index (Phi) is 6.98. The van der Waals surface area contributed by atoms with Gasteiger partial charge in [0.1, 0.15) is 17.4 Å². The van der Waals surface area contributed by atoms with E-state index in [2.05, 4.69) is 15.7 Å². The van der Waals surface area contributed by atoms with Gasteiger partial charge in [0, 0.05) is 14.8 Å². The number of hydrogen-bond acceptors (Lipinski definition) is 4. The Hall–Kier alpha value is -3.36. The predicted octanol–water partition coefficient (Wildman–Crippen LogP) is 7.61. The number of carbonyl (C=O) groups is 1. The monoisotopic (exact) mass is 524 g/mol. The number of aryl methyl sites for hydroxylation is 1. The number of amides is 1. The summed E-state index contributed by atoms with van der Waals surface area (Å²) in [5.41, 5.74) is 2.79. The molecule has 5 nitrogen and oxygen atoms in total. The molecule has 1 aliphatic heterocycles. The molecule has 0 fully saturated rings. The van der Waals surface area contributed by atoms with Gasteiger partial charge in [0.15, 0.2) is 0 Å². The molecule has 0 aliphatic carbocycles. The van der Waals surface area contributed by atoms with Crippen molar-refractivity contribution in [3.05, 3.63) is 101 Å². The smallest absolute Gasteiger partial charge is 0.261 e. The number of hydrogen-bond donors (Lipinski definition) is 2. The maximum absolute atomic E-state index is 14.0. The standard InChI is InChI=1S/C27H23ClF2N4OS/c1-16-6-8-17(9-7-16)22-14-23(25(29)30)34-26(32-22)20(15-31-34)27(35)33-21-4-2-3-5-24(21)36-19-12-10-18(28)11-13-19/h2-13,15,22-23,25,32H,14H2,1H3,(H,33,35)/t22-,23-/m0/s1. The predicted molar refractivity (Wildman–Crippen MR) is 139 cm³/mol. The van der Waals surface area contributed by atoms with Crippen molar-refractivity contribution < 1.29 is 13.6 Å². The molecule has 0 unspecified atom stereocenters. The number of alkyl halides is 2. The number of rotatable bonds is 6. The summed E-state index contributed by atoms with van der Waals surface area (Å²) in [6.45, 7) is 1.97. The molecule has 2 heterocycles. The Bertz CT molecular complexity index is 1380. The summed E-state index contributed by atoms with van der Waals surface area (Å²) >= 11 is 7.47. The zero-order chi connectivity index (χ0) is 25.2. The lowest BCUT2D eigenvalue weighted by molar-refractivity contribution is 0.0657. The van der Waals surface area contributed by atoms with E-state index < -0.39 is 18.4 Å². The Balaban J connectivity index is 1.42. The number of anilines is 2. The highest BCUT2D eigenvalue weighted by Gasteiger charge is 2.36. The van der Waals surface area contributed by atoms with Crippen LogP contribution in [0.15, 0.2) is 88.8 Å². The first kappa shape index (κ1) is 24.3. The van der Waals surface area contributed by atoms with Crippen LogP contribution in [0.3, 0.4) is 0 Å². The lowest BCUT2D eigenvalue weighted by Gasteiger charge is -2.32. The van der Waals surface area contributed by atoms with E-state index in [0.29, 0.717) is 10.7 Å². The molecular formula is C27H23ClF2N4OS. The highest BCUT2D eigenvalue weighted by Crippen LogP contribution is 2.40. The number of aromatic nitrogens is 2. The molecule has 0 saturated carbocycles. The largest absolute Gasteiger partial charge is 0.363 e. The molecule has 9 heteroatoms. The number of nitrogens with zero attached hydrogens (tertiary/aromatic N) is 2. The van der Waals surface area contributed by atoms with E-state index in [9.17, 15) is 13.6 Å². The second kappa shape index (κ2) is 10.3. The minimum Gasteiger partial charge on any atom is -0.363 e. The topological polar surface area (TPSA) is 59.0 Å². The number of benzene rings is 3. The van der Waals surface area contributed by atoms with Crippen molar-refractivity contribution in [2.24, 2.45) is 0 Å². The summed E-state index contributed by atoms with van der Waals surface area (Å²) < 4.78 is 29.2. The van der Waals surface area contributed by atoms with Gasteiger partial charge < -0.3 is 10.6 Å². The normalized spacial score (nSPS) is 16.9. The minimum atomic E-state index is -2.62. The summed E-state index contributed by atoms with van der Waals surface area (Å²) in [6, 6.07) is 21.1. The molecule has 4 aromatic rings. The molecule has 3 aromatic carbocycles. The van der Waals surface area contributed by atoms with E-state index in [1.807, 2.05) is 61.5 Å². The van der Waals surface area contributed by atoms with Crippen molar-refractivity contribution in [3.8, 4) is 0 Å². The quantitative estimate of drug-likeness (QED) is 0.272. The first-order valence-electron chi connectivity index (χ1n) is 11.4. The third kappa shape index (κ3) is 5.10. The van der Waals surface area contributed by atoms with Crippen molar-refractivity contribution in [2.75, 3.05) is 10.6 Å². The summed E-state index contributed by atoms with van der Waals surface area (Å²) in [4.78, 5) is 15.1. The fraction of sp³-hybridized carbons (Fsp3) is 0.185. The maximum Gasteiger partial charge on any atom is 0.261 e. The van der Waals surface area contributed by atoms with Crippen LogP contribution in [0, 0.1) is 6.92 Å². The van der Waals surface area contributed by atoms with Crippen molar-refractivity contribution >= 4 is 40.8 Å². The van der Waals surface area contributed by atoms with Crippen LogP contribution in [0.4, 0.5) is 20.3 Å². The maximum atomic E-state index is 14.0. The minimum absolute atomic E-state index is 0.164. The SMILES string of the molecule is Cc1ccc([C@@H]2C[C@@H](C(F)F)n3ncc(C(=O)Nc4ccccc4Sc4ccc(Cl)cc4)c3N2)cc1. The molecule has 0 bridgehead atoms. The first-order chi connectivity index (χ1) is 17.4. The van der Waals surface area contributed by atoms with Crippen LogP contribution in [0.25, 0.3) is 0 Å². The summed E-state index contributed by atoms with van der Waals surface area (Å²) in [7, 11) is 0. The van der Waals surface area contributed by atoms with Crippen LogP contribution in [0.2, 0.25) is 5.02 Å². The second-order valence-corrected chi connectivity index (χ2v) is 10.2. The zero-order valence-corrected chi connectivity index (χ0v) is 20.9. The van der Waals surface area contributed by atoms with E-state index >= 15 is 0 Å². The van der Waals surface area contributed by atoms with Crippen molar-refractivity contribution in [1.82, 2.24) is 9.78 Å². The van der Waals surface area contributed by atoms with E-state index in [-0.39, 0.29) is 23.8 Å². The van der Waals surface area contributed by atoms with Crippen LogP contribution in [0.5, 0.6) is 0 Å². The fourth-order valence-corrected chi connectivity index (χ4v) is 5.22. The third-order valence-corrected chi connectivity index (χ3v) is 7.43. The van der Waals surface area contributed by atoms with Gasteiger partial charge in [-0.15, -0.1) is 0 Å². The van der Waals surface area contributed by atoms with Gasteiger partial charge >= 0.3 is 0 Å².